The van der Waals surface area contributed by atoms with Gasteiger partial charge in [0, 0.05) is 13.0 Å². The minimum atomic E-state index is -0.851. The highest BCUT2D eigenvalue weighted by atomic mass is 35.5. The number of rotatable bonds is 2. The smallest absolute Gasteiger partial charge is 0.331 e. The molecule has 0 unspecified atom stereocenters. The molecule has 1 rings (SSSR count). The molecule has 0 spiro atoms. The number of carbonyl (C=O) groups is 2. The van der Waals surface area contributed by atoms with Gasteiger partial charge in [0.1, 0.15) is 5.54 Å². The lowest BCUT2D eigenvalue weighted by Gasteiger charge is -2.37. The second kappa shape index (κ2) is 6.06. The van der Waals surface area contributed by atoms with Crippen LogP contribution in [-0.2, 0) is 14.3 Å². The van der Waals surface area contributed by atoms with E-state index in [1.807, 2.05) is 0 Å². The third-order valence-corrected chi connectivity index (χ3v) is 2.88. The predicted molar refractivity (Wildman–Crippen MR) is 62.3 cm³/mol. The van der Waals surface area contributed by atoms with Gasteiger partial charge in [0.05, 0.1) is 7.11 Å². The van der Waals surface area contributed by atoms with Crippen LogP contribution in [-0.4, -0.2) is 30.6 Å². The first-order valence-corrected chi connectivity index (χ1v) is 5.13. The molecule has 0 saturated heterocycles. The Balaban J connectivity index is 0.00000225. The number of methoxy groups -OCH3 is 1. The summed E-state index contributed by atoms with van der Waals surface area (Å²) in [5.74, 6) is -0.583. The van der Waals surface area contributed by atoms with Gasteiger partial charge < -0.3 is 15.8 Å². The van der Waals surface area contributed by atoms with E-state index in [0.717, 1.165) is 12.8 Å². The average molecular weight is 251 g/mol. The first-order valence-electron chi connectivity index (χ1n) is 5.13. The molecule has 3 N–H and O–H groups in total. The van der Waals surface area contributed by atoms with E-state index in [9.17, 15) is 9.59 Å². The van der Waals surface area contributed by atoms with E-state index in [4.69, 9.17) is 10.5 Å². The Kier molecular flexibility index (Phi) is 5.75. The third kappa shape index (κ3) is 3.35. The summed E-state index contributed by atoms with van der Waals surface area (Å²) in [6, 6.07) is 0.122. The summed E-state index contributed by atoms with van der Waals surface area (Å²) in [5, 5.41) is 2.70. The van der Waals surface area contributed by atoms with E-state index in [2.05, 4.69) is 5.32 Å². The van der Waals surface area contributed by atoms with Crippen molar-refractivity contribution in [2.45, 2.75) is 44.2 Å². The van der Waals surface area contributed by atoms with Gasteiger partial charge in [0.25, 0.3) is 0 Å². The predicted octanol–water partition coefficient (Wildman–Crippen LogP) is 0.357. The summed E-state index contributed by atoms with van der Waals surface area (Å²) in [6.07, 6.45) is 2.58. The Hall–Kier alpha value is -0.810. The lowest BCUT2D eigenvalue weighted by Crippen LogP contribution is -2.57. The minimum Gasteiger partial charge on any atom is -0.467 e. The van der Waals surface area contributed by atoms with Crippen LogP contribution >= 0.6 is 12.4 Å². The second-order valence-corrected chi connectivity index (χ2v) is 4.09. The zero-order valence-electron chi connectivity index (χ0n) is 9.62. The van der Waals surface area contributed by atoms with E-state index in [-0.39, 0.29) is 30.3 Å². The summed E-state index contributed by atoms with van der Waals surface area (Å²) in [6.45, 7) is 1.40. The van der Waals surface area contributed by atoms with E-state index >= 15 is 0 Å². The fraction of sp³-hybridized carbons (Fsp3) is 0.800. The SMILES string of the molecule is COC(=O)C1(NC(C)=O)CCC(N)CC1.Cl. The molecule has 5 nitrogen and oxygen atoms in total. The fourth-order valence-electron chi connectivity index (χ4n) is 2.05. The summed E-state index contributed by atoms with van der Waals surface area (Å²) >= 11 is 0. The lowest BCUT2D eigenvalue weighted by molar-refractivity contribution is -0.152. The molecular formula is C10H19ClN2O3. The Labute approximate surface area is 101 Å². The van der Waals surface area contributed by atoms with Crippen molar-refractivity contribution in [1.82, 2.24) is 5.32 Å². The summed E-state index contributed by atoms with van der Waals surface area (Å²) < 4.78 is 4.73. The Bertz CT molecular complexity index is 263. The highest BCUT2D eigenvalue weighted by molar-refractivity contribution is 5.87. The second-order valence-electron chi connectivity index (χ2n) is 4.09. The number of nitrogens with one attached hydrogen (secondary N) is 1. The van der Waals surface area contributed by atoms with Crippen molar-refractivity contribution in [3.8, 4) is 0 Å². The summed E-state index contributed by atoms with van der Waals surface area (Å²) in [5.41, 5.74) is 4.91. The first kappa shape index (κ1) is 15.2. The number of halogens is 1. The number of esters is 1. The highest BCUT2D eigenvalue weighted by Crippen LogP contribution is 2.28. The average Bonchev–Trinajstić information content (AvgIpc) is 2.20. The third-order valence-electron chi connectivity index (χ3n) is 2.88. The van der Waals surface area contributed by atoms with E-state index in [0.29, 0.717) is 12.8 Å². The molecule has 0 heterocycles. The molecule has 0 radical (unpaired) electrons. The van der Waals surface area contributed by atoms with Crippen LogP contribution in [0.1, 0.15) is 32.6 Å². The van der Waals surface area contributed by atoms with Gasteiger partial charge in [-0.3, -0.25) is 4.79 Å². The van der Waals surface area contributed by atoms with Crippen LogP contribution in [0.4, 0.5) is 0 Å². The topological polar surface area (TPSA) is 81.4 Å². The zero-order valence-corrected chi connectivity index (χ0v) is 10.4. The van der Waals surface area contributed by atoms with Gasteiger partial charge in [-0.15, -0.1) is 12.4 Å². The first-order chi connectivity index (χ1) is 7.00. The number of amides is 1. The number of hydrogen-bond acceptors (Lipinski definition) is 4. The number of carbonyl (C=O) groups excluding carboxylic acids is 2. The van der Waals surface area contributed by atoms with E-state index < -0.39 is 5.54 Å². The van der Waals surface area contributed by atoms with Crippen LogP contribution in [0.15, 0.2) is 0 Å². The fourth-order valence-corrected chi connectivity index (χ4v) is 2.05. The van der Waals surface area contributed by atoms with Gasteiger partial charge in [-0.05, 0) is 25.7 Å². The molecule has 94 valence electrons. The molecule has 0 aromatic heterocycles. The number of hydrogen-bond donors (Lipinski definition) is 2. The van der Waals surface area contributed by atoms with Crippen molar-refractivity contribution >= 4 is 24.3 Å². The van der Waals surface area contributed by atoms with Gasteiger partial charge in [-0.2, -0.15) is 0 Å². The molecule has 6 heteroatoms. The normalized spacial score (nSPS) is 28.8. The van der Waals surface area contributed by atoms with Crippen LogP contribution in [0.25, 0.3) is 0 Å². The largest absolute Gasteiger partial charge is 0.467 e. The van der Waals surface area contributed by atoms with Gasteiger partial charge in [0.2, 0.25) is 5.91 Å². The van der Waals surface area contributed by atoms with Crippen molar-refractivity contribution in [2.24, 2.45) is 5.73 Å². The Morgan fingerprint density at radius 1 is 1.38 bits per heavy atom. The van der Waals surface area contributed by atoms with E-state index in [1.54, 1.807) is 0 Å². The van der Waals surface area contributed by atoms with Crippen molar-refractivity contribution in [3.05, 3.63) is 0 Å². The minimum absolute atomic E-state index is 0. The quantitative estimate of drug-likeness (QED) is 0.694. The van der Waals surface area contributed by atoms with Crippen LogP contribution in [0.3, 0.4) is 0 Å². The highest BCUT2D eigenvalue weighted by Gasteiger charge is 2.42. The van der Waals surface area contributed by atoms with Gasteiger partial charge in [0.15, 0.2) is 0 Å². The van der Waals surface area contributed by atoms with Crippen LogP contribution in [0.5, 0.6) is 0 Å². The van der Waals surface area contributed by atoms with Crippen molar-refractivity contribution < 1.29 is 14.3 Å². The number of nitrogens with two attached hydrogens (primary N) is 1. The Morgan fingerprint density at radius 2 is 1.88 bits per heavy atom. The molecule has 0 bridgehead atoms. The maximum atomic E-state index is 11.7. The van der Waals surface area contributed by atoms with Gasteiger partial charge in [-0.1, -0.05) is 0 Å². The van der Waals surface area contributed by atoms with E-state index in [1.165, 1.54) is 14.0 Å². The van der Waals surface area contributed by atoms with Crippen molar-refractivity contribution in [3.63, 3.8) is 0 Å². The molecule has 1 aliphatic rings. The van der Waals surface area contributed by atoms with Gasteiger partial charge >= 0.3 is 5.97 Å². The molecule has 1 amide bonds. The maximum Gasteiger partial charge on any atom is 0.331 e. The molecule has 0 aliphatic heterocycles. The molecule has 0 aromatic carbocycles. The monoisotopic (exact) mass is 250 g/mol. The molecule has 16 heavy (non-hydrogen) atoms. The van der Waals surface area contributed by atoms with Crippen LogP contribution in [0.2, 0.25) is 0 Å². The number of ether oxygens (including phenoxy) is 1. The molecule has 1 fully saturated rings. The standard InChI is InChI=1S/C10H18N2O3.ClH/c1-7(13)12-10(9(14)15-2)5-3-8(11)4-6-10;/h8H,3-6,11H2,1-2H3,(H,12,13);1H. The van der Waals surface area contributed by atoms with Crippen molar-refractivity contribution in [2.75, 3.05) is 7.11 Å². The van der Waals surface area contributed by atoms with Gasteiger partial charge in [-0.25, -0.2) is 4.79 Å². The zero-order chi connectivity index (χ0) is 11.5. The molecule has 0 atom stereocenters. The molecular weight excluding hydrogens is 232 g/mol. The summed E-state index contributed by atoms with van der Waals surface area (Å²) in [4.78, 5) is 22.7. The van der Waals surface area contributed by atoms with Crippen LogP contribution < -0.4 is 11.1 Å². The summed E-state index contributed by atoms with van der Waals surface area (Å²) in [7, 11) is 1.33. The molecule has 1 saturated carbocycles. The maximum absolute atomic E-state index is 11.7. The lowest BCUT2D eigenvalue weighted by atomic mass is 9.79. The molecule has 0 aromatic rings. The Morgan fingerprint density at radius 3 is 2.25 bits per heavy atom. The molecule has 1 aliphatic carbocycles. The van der Waals surface area contributed by atoms with Crippen molar-refractivity contribution in [1.29, 1.82) is 0 Å². The van der Waals surface area contributed by atoms with Crippen LogP contribution in [0, 0.1) is 0 Å².